The zero-order chi connectivity index (χ0) is 7.66. The Balaban J connectivity index is 3.10. The molecule has 0 aliphatic carbocycles. The maximum Gasteiger partial charge on any atom is 0.0634 e. The fraction of sp³-hybridized carbons (Fsp3) is 0.571. The van der Waals surface area contributed by atoms with Crippen LogP contribution in [0.25, 0.3) is 0 Å². The van der Waals surface area contributed by atoms with E-state index >= 15 is 0 Å². The lowest BCUT2D eigenvalue weighted by Gasteiger charge is -1.88. The van der Waals surface area contributed by atoms with E-state index in [2.05, 4.69) is 28.6 Å². The second-order valence-corrected chi connectivity index (χ2v) is 2.91. The summed E-state index contributed by atoms with van der Waals surface area (Å²) in [6.07, 6.45) is 8.12. The van der Waals surface area contributed by atoms with E-state index in [1.54, 1.807) is 6.20 Å². The number of aliphatic imine (C=N–C) groups is 1. The van der Waals surface area contributed by atoms with E-state index in [0.29, 0.717) is 0 Å². The van der Waals surface area contributed by atoms with Gasteiger partial charge < -0.3 is 0 Å². The molecule has 0 bridgehead atoms. The molecule has 10 heavy (non-hydrogen) atoms. The Labute approximate surface area is 71.6 Å². The van der Waals surface area contributed by atoms with E-state index in [9.17, 15) is 0 Å². The molecule has 0 aromatic heterocycles. The SMILES string of the molecule is CSCCCC=CN=C=S. The normalized spacial score (nSPS) is 9.70. The van der Waals surface area contributed by atoms with Gasteiger partial charge in [-0.1, -0.05) is 6.08 Å². The van der Waals surface area contributed by atoms with Crippen molar-refractivity contribution < 1.29 is 0 Å². The Morgan fingerprint density at radius 3 is 3.10 bits per heavy atom. The highest BCUT2D eigenvalue weighted by atomic mass is 32.2. The minimum absolute atomic E-state index is 1.08. The molecule has 0 amide bonds. The van der Waals surface area contributed by atoms with Gasteiger partial charge in [0.25, 0.3) is 0 Å². The number of unbranched alkanes of at least 4 members (excludes halogenated alkanes) is 1. The number of thiocarbonyl (C=S) groups is 1. The van der Waals surface area contributed by atoms with Crippen LogP contribution in [0, 0.1) is 0 Å². The van der Waals surface area contributed by atoms with E-state index in [4.69, 9.17) is 0 Å². The van der Waals surface area contributed by atoms with Crippen LogP contribution < -0.4 is 0 Å². The minimum atomic E-state index is 1.08. The van der Waals surface area contributed by atoms with Crippen molar-refractivity contribution in [2.75, 3.05) is 12.0 Å². The van der Waals surface area contributed by atoms with Crippen molar-refractivity contribution in [3.63, 3.8) is 0 Å². The number of hydrogen-bond donors (Lipinski definition) is 0. The fourth-order valence-corrected chi connectivity index (χ4v) is 1.02. The van der Waals surface area contributed by atoms with Gasteiger partial charge in [-0.15, -0.1) is 0 Å². The molecule has 0 aromatic carbocycles. The number of isothiocyanates is 1. The number of nitrogens with zero attached hydrogens (tertiary/aromatic N) is 1. The topological polar surface area (TPSA) is 12.4 Å². The molecule has 0 aromatic rings. The van der Waals surface area contributed by atoms with Crippen LogP contribution in [-0.4, -0.2) is 17.2 Å². The molecule has 0 heterocycles. The summed E-state index contributed by atoms with van der Waals surface area (Å²) in [5, 5.41) is 2.27. The number of allylic oxidation sites excluding steroid dienone is 1. The van der Waals surface area contributed by atoms with E-state index in [-0.39, 0.29) is 0 Å². The fourth-order valence-electron chi connectivity index (χ4n) is 0.503. The quantitative estimate of drug-likeness (QED) is 0.360. The molecule has 0 saturated carbocycles. The van der Waals surface area contributed by atoms with Crippen LogP contribution in [0.4, 0.5) is 0 Å². The molecule has 0 atom stereocenters. The lowest BCUT2D eigenvalue weighted by molar-refractivity contribution is 0.970. The number of hydrogen-bond acceptors (Lipinski definition) is 3. The van der Waals surface area contributed by atoms with E-state index in [1.165, 1.54) is 12.2 Å². The molecule has 0 fully saturated rings. The van der Waals surface area contributed by atoms with Gasteiger partial charge in [0.05, 0.1) is 5.16 Å². The summed E-state index contributed by atoms with van der Waals surface area (Å²) in [6, 6.07) is 0. The molecular weight excluding hydrogens is 162 g/mol. The Kier molecular flexibility index (Phi) is 8.79. The van der Waals surface area contributed by atoms with Crippen molar-refractivity contribution in [2.45, 2.75) is 12.8 Å². The van der Waals surface area contributed by atoms with Crippen LogP contribution in [0.5, 0.6) is 0 Å². The lowest BCUT2D eigenvalue weighted by Crippen LogP contribution is -1.73. The first-order valence-corrected chi connectivity index (χ1v) is 4.93. The van der Waals surface area contributed by atoms with Gasteiger partial charge in [-0.05, 0) is 37.1 Å². The van der Waals surface area contributed by atoms with Crippen molar-refractivity contribution in [3.05, 3.63) is 12.3 Å². The second kappa shape index (κ2) is 8.89. The zero-order valence-corrected chi connectivity index (χ0v) is 7.67. The maximum absolute atomic E-state index is 4.38. The summed E-state index contributed by atoms with van der Waals surface area (Å²) in [6.45, 7) is 0. The summed E-state index contributed by atoms with van der Waals surface area (Å²) in [7, 11) is 0. The Morgan fingerprint density at radius 1 is 1.70 bits per heavy atom. The molecule has 56 valence electrons. The minimum Gasteiger partial charge on any atom is -0.203 e. The molecule has 0 saturated heterocycles. The molecule has 0 N–H and O–H groups in total. The van der Waals surface area contributed by atoms with Crippen molar-refractivity contribution in [1.82, 2.24) is 0 Å². The van der Waals surface area contributed by atoms with Gasteiger partial charge in [-0.3, -0.25) is 0 Å². The predicted octanol–water partition coefficient (Wildman–Crippen LogP) is 2.75. The van der Waals surface area contributed by atoms with Gasteiger partial charge in [-0.25, -0.2) is 4.99 Å². The van der Waals surface area contributed by atoms with Gasteiger partial charge >= 0.3 is 0 Å². The van der Waals surface area contributed by atoms with Crippen LogP contribution in [0.15, 0.2) is 17.3 Å². The van der Waals surface area contributed by atoms with Gasteiger partial charge in [0, 0.05) is 6.20 Å². The van der Waals surface area contributed by atoms with Crippen LogP contribution >= 0.6 is 24.0 Å². The van der Waals surface area contributed by atoms with Crippen LogP contribution in [0.3, 0.4) is 0 Å². The third-order valence-corrected chi connectivity index (χ3v) is 1.75. The lowest BCUT2D eigenvalue weighted by atomic mass is 10.3. The van der Waals surface area contributed by atoms with Gasteiger partial charge in [-0.2, -0.15) is 11.8 Å². The van der Waals surface area contributed by atoms with Crippen molar-refractivity contribution in [2.24, 2.45) is 4.99 Å². The van der Waals surface area contributed by atoms with E-state index < -0.39 is 0 Å². The average molecular weight is 173 g/mol. The van der Waals surface area contributed by atoms with Crippen LogP contribution in [0.2, 0.25) is 0 Å². The summed E-state index contributed by atoms with van der Waals surface area (Å²) < 4.78 is 0. The molecule has 0 unspecified atom stereocenters. The highest BCUT2D eigenvalue weighted by molar-refractivity contribution is 7.98. The van der Waals surface area contributed by atoms with Crippen LogP contribution in [0.1, 0.15) is 12.8 Å². The molecule has 0 rings (SSSR count). The van der Waals surface area contributed by atoms with Gasteiger partial charge in [0.2, 0.25) is 0 Å². The first-order valence-electron chi connectivity index (χ1n) is 3.12. The molecule has 1 nitrogen and oxygen atoms in total. The van der Waals surface area contributed by atoms with Crippen molar-refractivity contribution in [3.8, 4) is 0 Å². The molecule has 3 heteroatoms. The smallest absolute Gasteiger partial charge is 0.0634 e. The summed E-state index contributed by atoms with van der Waals surface area (Å²) >= 11 is 6.25. The Hall–Kier alpha value is -0.110. The van der Waals surface area contributed by atoms with Crippen LogP contribution in [-0.2, 0) is 0 Å². The standard InChI is InChI=1S/C7H11NS2/c1-10-6-4-2-3-5-8-7-9/h3,5H,2,4,6H2,1H3. The molecular formula is C7H11NS2. The third kappa shape index (κ3) is 7.89. The number of thioether (sulfide) groups is 1. The summed E-state index contributed by atoms with van der Waals surface area (Å²) in [5.74, 6) is 1.21. The highest BCUT2D eigenvalue weighted by Crippen LogP contribution is 1.99. The first kappa shape index (κ1) is 9.89. The maximum atomic E-state index is 4.38. The monoisotopic (exact) mass is 173 g/mol. The molecule has 0 aliphatic heterocycles. The van der Waals surface area contributed by atoms with Crippen molar-refractivity contribution >= 4 is 29.1 Å². The number of rotatable bonds is 5. The third-order valence-electron chi connectivity index (χ3n) is 0.952. The zero-order valence-electron chi connectivity index (χ0n) is 6.04. The summed E-state index contributed by atoms with van der Waals surface area (Å²) in [4.78, 5) is 3.65. The first-order chi connectivity index (χ1) is 4.91. The second-order valence-electron chi connectivity index (χ2n) is 1.74. The van der Waals surface area contributed by atoms with Gasteiger partial charge in [0.1, 0.15) is 0 Å². The molecule has 0 radical (unpaired) electrons. The van der Waals surface area contributed by atoms with Gasteiger partial charge in [0.15, 0.2) is 0 Å². The van der Waals surface area contributed by atoms with E-state index in [1.807, 2.05) is 17.8 Å². The van der Waals surface area contributed by atoms with E-state index in [0.717, 1.165) is 6.42 Å². The molecule has 0 aliphatic rings. The average Bonchev–Trinajstić information content (AvgIpc) is 1.97. The Bertz CT molecular complexity index is 137. The summed E-state index contributed by atoms with van der Waals surface area (Å²) in [5.41, 5.74) is 0. The largest absolute Gasteiger partial charge is 0.203 e. The molecule has 0 spiro atoms. The predicted molar refractivity (Wildman–Crippen MR) is 51.8 cm³/mol. The Morgan fingerprint density at radius 2 is 2.50 bits per heavy atom. The van der Waals surface area contributed by atoms with Crippen molar-refractivity contribution in [1.29, 1.82) is 0 Å². The highest BCUT2D eigenvalue weighted by Gasteiger charge is 1.79.